The van der Waals surface area contributed by atoms with Gasteiger partial charge in [-0.15, -0.1) is 0 Å². The van der Waals surface area contributed by atoms with Gasteiger partial charge in [0.25, 0.3) is 0 Å². The summed E-state index contributed by atoms with van der Waals surface area (Å²) in [6.07, 6.45) is -9.06. The highest BCUT2D eigenvalue weighted by atomic mass is 19.4. The highest BCUT2D eigenvalue weighted by molar-refractivity contribution is 5.96. The fourth-order valence-electron chi connectivity index (χ4n) is 2.39. The largest absolute Gasteiger partial charge is 0.477 e. The van der Waals surface area contributed by atoms with Crippen LogP contribution >= 0.6 is 0 Å². The number of hydrogen-bond acceptors (Lipinski definition) is 3. The highest BCUT2D eigenvalue weighted by Crippen LogP contribution is 2.35. The van der Waals surface area contributed by atoms with E-state index in [0.29, 0.717) is 16.6 Å². The van der Waals surface area contributed by atoms with Crippen LogP contribution in [-0.2, 0) is 12.4 Å². The van der Waals surface area contributed by atoms with E-state index in [-0.39, 0.29) is 11.3 Å². The molecule has 0 amide bonds. The van der Waals surface area contributed by atoms with Gasteiger partial charge in [-0.1, -0.05) is 6.07 Å². The molecule has 142 valence electrons. The van der Waals surface area contributed by atoms with E-state index in [4.69, 9.17) is 5.11 Å². The molecule has 3 aromatic rings. The molecule has 0 radical (unpaired) electrons. The minimum absolute atomic E-state index is 0.186. The number of carbonyl (C=O) groups is 1. The number of hydrogen-bond donors (Lipinski definition) is 1. The molecule has 12 heteroatoms. The normalized spacial score (nSPS) is 12.6. The van der Waals surface area contributed by atoms with Gasteiger partial charge in [-0.25, -0.2) is 18.7 Å². The molecule has 1 aromatic carbocycles. The molecule has 3 rings (SSSR count). The van der Waals surface area contributed by atoms with Gasteiger partial charge in [-0.3, -0.25) is 0 Å². The maximum atomic E-state index is 13.7. The van der Waals surface area contributed by atoms with Crippen molar-refractivity contribution in [3.05, 3.63) is 53.1 Å². The molecule has 1 N–H and O–H groups in total. The van der Waals surface area contributed by atoms with Gasteiger partial charge in [0.2, 0.25) is 0 Å². The molecule has 0 atom stereocenters. The summed E-state index contributed by atoms with van der Waals surface area (Å²) in [6, 6.07) is 2.88. The van der Waals surface area contributed by atoms with Crippen LogP contribution in [0, 0.1) is 5.82 Å². The highest BCUT2D eigenvalue weighted by Gasteiger charge is 2.41. The average molecular weight is 393 g/mol. The van der Waals surface area contributed by atoms with Crippen molar-refractivity contribution in [1.29, 1.82) is 0 Å². The summed E-state index contributed by atoms with van der Waals surface area (Å²) in [4.78, 5) is 14.9. The van der Waals surface area contributed by atoms with Crippen molar-refractivity contribution < 1.29 is 40.6 Å². The summed E-state index contributed by atoms with van der Waals surface area (Å²) in [5.74, 6) is -3.55. The number of halogens is 7. The van der Waals surface area contributed by atoms with Gasteiger partial charge in [0.05, 0.1) is 11.3 Å². The Labute approximate surface area is 144 Å². The number of nitrogens with zero attached hydrogens (tertiary/aromatic N) is 3. The first-order valence-corrected chi connectivity index (χ1v) is 6.96. The molecule has 0 aliphatic heterocycles. The van der Waals surface area contributed by atoms with Gasteiger partial charge in [0, 0.05) is 11.8 Å². The zero-order chi connectivity index (χ0) is 20.1. The minimum atomic E-state index is -5.07. The number of alkyl halides is 6. The van der Waals surface area contributed by atoms with Crippen molar-refractivity contribution >= 4 is 11.6 Å². The molecule has 0 fully saturated rings. The Morgan fingerprint density at radius 2 is 1.70 bits per heavy atom. The van der Waals surface area contributed by atoms with Crippen LogP contribution in [0.15, 0.2) is 30.5 Å². The summed E-state index contributed by atoms with van der Waals surface area (Å²) < 4.78 is 91.0. The van der Waals surface area contributed by atoms with E-state index >= 15 is 0 Å². The molecule has 27 heavy (non-hydrogen) atoms. The Kier molecular flexibility index (Phi) is 4.08. The van der Waals surface area contributed by atoms with Gasteiger partial charge in [0.1, 0.15) is 11.4 Å². The third kappa shape index (κ3) is 3.29. The van der Waals surface area contributed by atoms with Crippen molar-refractivity contribution in [3.63, 3.8) is 0 Å². The van der Waals surface area contributed by atoms with E-state index in [0.717, 1.165) is 18.3 Å². The summed E-state index contributed by atoms with van der Waals surface area (Å²) in [6.45, 7) is 0. The second-order valence-corrected chi connectivity index (χ2v) is 5.30. The molecular weight excluding hydrogens is 387 g/mol. The van der Waals surface area contributed by atoms with Crippen molar-refractivity contribution in [3.8, 4) is 11.3 Å². The Morgan fingerprint density at radius 1 is 1.04 bits per heavy atom. The van der Waals surface area contributed by atoms with E-state index < -0.39 is 46.6 Å². The lowest BCUT2D eigenvalue weighted by Gasteiger charge is -2.09. The van der Waals surface area contributed by atoms with E-state index in [1.807, 2.05) is 0 Å². The lowest BCUT2D eigenvalue weighted by atomic mass is 10.1. The topological polar surface area (TPSA) is 67.5 Å². The molecular formula is C15H6F7N3O2. The summed E-state index contributed by atoms with van der Waals surface area (Å²) in [5, 5.41) is 12.2. The molecule has 2 heterocycles. The zero-order valence-corrected chi connectivity index (χ0v) is 12.7. The van der Waals surface area contributed by atoms with Crippen LogP contribution in [0.4, 0.5) is 30.7 Å². The third-order valence-corrected chi connectivity index (χ3v) is 3.54. The second-order valence-electron chi connectivity index (χ2n) is 5.30. The maximum Gasteiger partial charge on any atom is 0.436 e. The predicted molar refractivity (Wildman–Crippen MR) is 75.3 cm³/mol. The molecule has 0 saturated carbocycles. The van der Waals surface area contributed by atoms with Crippen LogP contribution in [0.3, 0.4) is 0 Å². The number of carboxylic acid groups (broad SMARTS) is 1. The van der Waals surface area contributed by atoms with E-state index in [2.05, 4.69) is 10.1 Å². The smallest absolute Gasteiger partial charge is 0.436 e. The Bertz CT molecular complexity index is 1050. The lowest BCUT2D eigenvalue weighted by Crippen LogP contribution is -2.12. The zero-order valence-electron chi connectivity index (χ0n) is 12.7. The fourth-order valence-corrected chi connectivity index (χ4v) is 2.39. The lowest BCUT2D eigenvalue weighted by molar-refractivity contribution is -0.142. The van der Waals surface area contributed by atoms with E-state index in [1.54, 1.807) is 0 Å². The quantitative estimate of drug-likeness (QED) is 0.661. The van der Waals surface area contributed by atoms with Crippen LogP contribution in [-0.4, -0.2) is 25.7 Å². The Morgan fingerprint density at radius 3 is 2.22 bits per heavy atom. The number of carboxylic acids is 1. The number of aromatic nitrogens is 3. The molecule has 5 nitrogen and oxygen atoms in total. The first-order chi connectivity index (χ1) is 12.4. The monoisotopic (exact) mass is 393 g/mol. The van der Waals surface area contributed by atoms with Crippen LogP contribution in [0.5, 0.6) is 0 Å². The van der Waals surface area contributed by atoms with Crippen molar-refractivity contribution in [2.75, 3.05) is 0 Å². The van der Waals surface area contributed by atoms with Crippen LogP contribution in [0.2, 0.25) is 0 Å². The Hall–Kier alpha value is -3.18. The maximum absolute atomic E-state index is 13.7. The number of benzene rings is 1. The van der Waals surface area contributed by atoms with E-state index in [1.165, 1.54) is 0 Å². The second kappa shape index (κ2) is 5.93. The van der Waals surface area contributed by atoms with Gasteiger partial charge >= 0.3 is 18.3 Å². The number of rotatable bonds is 2. The van der Waals surface area contributed by atoms with E-state index in [9.17, 15) is 35.5 Å². The van der Waals surface area contributed by atoms with Gasteiger partial charge in [-0.2, -0.15) is 31.4 Å². The molecule has 0 bridgehead atoms. The SMILES string of the molecule is O=C(O)c1c(C(F)(F)F)nn2ccc(-c3ccc(C(F)(F)F)c(F)c3)nc12. The number of aromatic carboxylic acids is 1. The molecule has 0 saturated heterocycles. The molecule has 2 aromatic heterocycles. The third-order valence-electron chi connectivity index (χ3n) is 3.54. The number of fused-ring (bicyclic) bond motifs is 1. The van der Waals surface area contributed by atoms with Gasteiger partial charge in [0.15, 0.2) is 11.3 Å². The van der Waals surface area contributed by atoms with Crippen LogP contribution < -0.4 is 0 Å². The van der Waals surface area contributed by atoms with Crippen molar-refractivity contribution in [2.24, 2.45) is 0 Å². The summed E-state index contributed by atoms with van der Waals surface area (Å²) in [7, 11) is 0. The molecule has 0 unspecified atom stereocenters. The fraction of sp³-hybridized carbons (Fsp3) is 0.133. The average Bonchev–Trinajstić information content (AvgIpc) is 2.92. The van der Waals surface area contributed by atoms with Crippen molar-refractivity contribution in [1.82, 2.24) is 14.6 Å². The predicted octanol–water partition coefficient (Wildman–Crippen LogP) is 4.27. The van der Waals surface area contributed by atoms with Gasteiger partial charge < -0.3 is 5.11 Å². The molecule has 0 aliphatic rings. The first kappa shape index (κ1) is 18.6. The standard InChI is InChI=1S/C15H6F7N3O2/c16-8-5-6(1-2-7(8)14(17,18)19)9-3-4-25-12(23-9)10(13(26)27)11(24-25)15(20,21)22/h1-5H,(H,26,27). The van der Waals surface area contributed by atoms with Crippen molar-refractivity contribution in [2.45, 2.75) is 12.4 Å². The van der Waals surface area contributed by atoms with Gasteiger partial charge in [-0.05, 0) is 18.2 Å². The first-order valence-electron chi connectivity index (χ1n) is 6.96. The Balaban J connectivity index is 2.19. The summed E-state index contributed by atoms with van der Waals surface area (Å²) >= 11 is 0. The van der Waals surface area contributed by atoms with Crippen LogP contribution in [0.25, 0.3) is 16.9 Å². The van der Waals surface area contributed by atoms with Crippen LogP contribution in [0.1, 0.15) is 21.6 Å². The molecule has 0 aliphatic carbocycles. The minimum Gasteiger partial charge on any atom is -0.477 e. The summed E-state index contributed by atoms with van der Waals surface area (Å²) in [5.41, 5.74) is -5.54. The molecule has 0 spiro atoms.